The summed E-state index contributed by atoms with van der Waals surface area (Å²) in [6.07, 6.45) is 1.55. The van der Waals surface area contributed by atoms with Gasteiger partial charge in [-0.2, -0.15) is 0 Å². The zero-order valence-electron chi connectivity index (χ0n) is 12.1. The Balaban J connectivity index is 2.47. The highest BCUT2D eigenvalue weighted by molar-refractivity contribution is 6.31. The van der Waals surface area contributed by atoms with Crippen LogP contribution in [-0.4, -0.2) is 18.4 Å². The number of anilines is 1. The lowest BCUT2D eigenvalue weighted by atomic mass is 10.0. The van der Waals surface area contributed by atoms with Crippen molar-refractivity contribution in [1.82, 2.24) is 5.32 Å². The molecule has 0 unspecified atom stereocenters. The summed E-state index contributed by atoms with van der Waals surface area (Å²) in [5.41, 5.74) is 1.58. The van der Waals surface area contributed by atoms with E-state index in [1.54, 1.807) is 12.1 Å². The van der Waals surface area contributed by atoms with Gasteiger partial charge in [0.05, 0.1) is 6.54 Å². The third kappa shape index (κ3) is 4.85. The summed E-state index contributed by atoms with van der Waals surface area (Å²) in [4.78, 5) is 23.5. The maximum atomic E-state index is 11.7. The molecule has 5 heteroatoms. The molecule has 0 atom stereocenters. The van der Waals surface area contributed by atoms with Crippen LogP contribution in [0.25, 0.3) is 0 Å². The van der Waals surface area contributed by atoms with Gasteiger partial charge in [0.25, 0.3) is 0 Å². The van der Waals surface area contributed by atoms with Gasteiger partial charge in [0, 0.05) is 16.6 Å². The Morgan fingerprint density at radius 1 is 1.25 bits per heavy atom. The van der Waals surface area contributed by atoms with Gasteiger partial charge in [0.15, 0.2) is 0 Å². The molecule has 1 rings (SSSR count). The van der Waals surface area contributed by atoms with E-state index in [4.69, 9.17) is 11.6 Å². The number of amides is 2. The van der Waals surface area contributed by atoms with Crippen molar-refractivity contribution in [2.24, 2.45) is 5.92 Å². The number of carbonyl (C=O) groups is 2. The van der Waals surface area contributed by atoms with Crippen LogP contribution in [0.1, 0.15) is 32.3 Å². The average molecular weight is 297 g/mol. The van der Waals surface area contributed by atoms with E-state index in [0.717, 1.165) is 18.4 Å². The first-order valence-electron chi connectivity index (χ1n) is 6.81. The minimum atomic E-state index is -0.260. The Morgan fingerprint density at radius 2 is 1.90 bits per heavy atom. The summed E-state index contributed by atoms with van der Waals surface area (Å²) < 4.78 is 0. The number of nitrogens with one attached hydrogen (secondary N) is 2. The fourth-order valence-corrected chi connectivity index (χ4v) is 2.03. The van der Waals surface area contributed by atoms with Crippen molar-refractivity contribution >= 4 is 29.1 Å². The fraction of sp³-hybridized carbons (Fsp3) is 0.467. The summed E-state index contributed by atoms with van der Waals surface area (Å²) in [5, 5.41) is 5.95. The van der Waals surface area contributed by atoms with Gasteiger partial charge in [-0.3, -0.25) is 9.59 Å². The first kappa shape index (κ1) is 16.5. The van der Waals surface area contributed by atoms with Crippen molar-refractivity contribution in [2.75, 3.05) is 11.9 Å². The Labute approximate surface area is 124 Å². The molecule has 110 valence electrons. The van der Waals surface area contributed by atoms with Crippen LogP contribution >= 0.6 is 11.6 Å². The highest BCUT2D eigenvalue weighted by Gasteiger charge is 2.14. The monoisotopic (exact) mass is 296 g/mol. The van der Waals surface area contributed by atoms with Gasteiger partial charge in [-0.1, -0.05) is 31.5 Å². The molecule has 0 saturated heterocycles. The van der Waals surface area contributed by atoms with Crippen molar-refractivity contribution in [1.29, 1.82) is 0 Å². The van der Waals surface area contributed by atoms with Crippen molar-refractivity contribution in [3.05, 3.63) is 28.8 Å². The molecule has 4 nitrogen and oxygen atoms in total. The van der Waals surface area contributed by atoms with Crippen LogP contribution in [0.4, 0.5) is 5.69 Å². The maximum Gasteiger partial charge on any atom is 0.243 e. The van der Waals surface area contributed by atoms with Gasteiger partial charge in [0.1, 0.15) is 0 Å². The second-order valence-electron chi connectivity index (χ2n) is 4.74. The van der Waals surface area contributed by atoms with E-state index in [1.807, 2.05) is 26.8 Å². The molecule has 20 heavy (non-hydrogen) atoms. The summed E-state index contributed by atoms with van der Waals surface area (Å²) in [7, 11) is 0. The van der Waals surface area contributed by atoms with E-state index in [2.05, 4.69) is 10.6 Å². The molecule has 1 aromatic rings. The number of aryl methyl sites for hydroxylation is 1. The molecule has 0 aliphatic heterocycles. The molecular weight excluding hydrogens is 276 g/mol. The molecule has 2 amide bonds. The molecule has 0 bridgehead atoms. The Hall–Kier alpha value is -1.55. The Morgan fingerprint density at radius 3 is 2.45 bits per heavy atom. The van der Waals surface area contributed by atoms with Crippen LogP contribution in [0.3, 0.4) is 0 Å². The van der Waals surface area contributed by atoms with E-state index in [-0.39, 0.29) is 24.3 Å². The number of benzene rings is 1. The molecule has 0 aliphatic rings. The van der Waals surface area contributed by atoms with E-state index in [9.17, 15) is 9.59 Å². The summed E-state index contributed by atoms with van der Waals surface area (Å²) in [5.74, 6) is -0.368. The summed E-state index contributed by atoms with van der Waals surface area (Å²) >= 11 is 5.98. The number of hydrogen-bond donors (Lipinski definition) is 2. The summed E-state index contributed by atoms with van der Waals surface area (Å²) in [6.45, 7) is 5.79. The smallest absolute Gasteiger partial charge is 0.243 e. The van der Waals surface area contributed by atoms with E-state index in [0.29, 0.717) is 10.7 Å². The predicted octanol–water partition coefficient (Wildman–Crippen LogP) is 3.14. The predicted molar refractivity (Wildman–Crippen MR) is 81.9 cm³/mol. The number of halogens is 1. The van der Waals surface area contributed by atoms with E-state index < -0.39 is 0 Å². The molecule has 0 radical (unpaired) electrons. The van der Waals surface area contributed by atoms with Gasteiger partial charge in [-0.25, -0.2) is 0 Å². The second kappa shape index (κ2) is 7.90. The maximum absolute atomic E-state index is 11.7. The molecule has 0 spiro atoms. The zero-order chi connectivity index (χ0) is 15.1. The Kier molecular flexibility index (Phi) is 6.52. The van der Waals surface area contributed by atoms with Crippen molar-refractivity contribution in [3.63, 3.8) is 0 Å². The second-order valence-corrected chi connectivity index (χ2v) is 5.15. The third-order valence-electron chi connectivity index (χ3n) is 3.24. The number of hydrogen-bond acceptors (Lipinski definition) is 2. The lowest BCUT2D eigenvalue weighted by Gasteiger charge is -2.13. The molecule has 0 fully saturated rings. The van der Waals surface area contributed by atoms with Crippen LogP contribution in [0.5, 0.6) is 0 Å². The molecule has 0 aromatic heterocycles. The zero-order valence-corrected chi connectivity index (χ0v) is 12.9. The Bertz CT molecular complexity index is 485. The van der Waals surface area contributed by atoms with Gasteiger partial charge >= 0.3 is 0 Å². The van der Waals surface area contributed by atoms with Crippen molar-refractivity contribution < 1.29 is 9.59 Å². The lowest BCUT2D eigenvalue weighted by molar-refractivity contribution is -0.127. The van der Waals surface area contributed by atoms with Crippen LogP contribution in [0, 0.1) is 12.8 Å². The SMILES string of the molecule is CCC(CC)C(=O)NCC(=O)Nc1ccc(C)c(Cl)c1. The van der Waals surface area contributed by atoms with Gasteiger partial charge < -0.3 is 10.6 Å². The normalized spacial score (nSPS) is 10.4. The van der Waals surface area contributed by atoms with Gasteiger partial charge in [0.2, 0.25) is 11.8 Å². The van der Waals surface area contributed by atoms with Crippen LogP contribution in [-0.2, 0) is 9.59 Å². The largest absolute Gasteiger partial charge is 0.347 e. The molecule has 1 aromatic carbocycles. The fourth-order valence-electron chi connectivity index (χ4n) is 1.85. The first-order valence-corrected chi connectivity index (χ1v) is 7.19. The molecule has 2 N–H and O–H groups in total. The minimum absolute atomic E-state index is 0.0270. The lowest BCUT2D eigenvalue weighted by Crippen LogP contribution is -2.36. The van der Waals surface area contributed by atoms with Gasteiger partial charge in [-0.05, 0) is 37.5 Å². The first-order chi connectivity index (χ1) is 9.47. The van der Waals surface area contributed by atoms with Crippen molar-refractivity contribution in [2.45, 2.75) is 33.6 Å². The molecular formula is C15H21ClN2O2. The van der Waals surface area contributed by atoms with Crippen LogP contribution < -0.4 is 10.6 Å². The van der Waals surface area contributed by atoms with E-state index >= 15 is 0 Å². The van der Waals surface area contributed by atoms with Gasteiger partial charge in [-0.15, -0.1) is 0 Å². The molecule has 0 heterocycles. The van der Waals surface area contributed by atoms with E-state index in [1.165, 1.54) is 0 Å². The number of rotatable bonds is 6. The highest BCUT2D eigenvalue weighted by atomic mass is 35.5. The number of carbonyl (C=O) groups excluding carboxylic acids is 2. The average Bonchev–Trinajstić information content (AvgIpc) is 2.42. The van der Waals surface area contributed by atoms with Crippen LogP contribution in [0.15, 0.2) is 18.2 Å². The summed E-state index contributed by atoms with van der Waals surface area (Å²) in [6, 6.07) is 5.31. The highest BCUT2D eigenvalue weighted by Crippen LogP contribution is 2.19. The third-order valence-corrected chi connectivity index (χ3v) is 3.64. The molecule has 0 saturated carbocycles. The quantitative estimate of drug-likeness (QED) is 0.847. The minimum Gasteiger partial charge on any atom is -0.347 e. The standard InChI is InChI=1S/C15H21ClN2O2/c1-4-11(5-2)15(20)17-9-14(19)18-12-7-6-10(3)13(16)8-12/h6-8,11H,4-5,9H2,1-3H3,(H,17,20)(H,18,19). The van der Waals surface area contributed by atoms with Crippen LogP contribution in [0.2, 0.25) is 5.02 Å². The molecule has 0 aliphatic carbocycles. The topological polar surface area (TPSA) is 58.2 Å². The van der Waals surface area contributed by atoms with Crippen molar-refractivity contribution in [3.8, 4) is 0 Å².